The Hall–Kier alpha value is -1.51. The Bertz CT molecular complexity index is 505. The van der Waals surface area contributed by atoms with Gasteiger partial charge in [0.15, 0.2) is 0 Å². The first kappa shape index (κ1) is 12.5. The molecule has 0 saturated heterocycles. The highest BCUT2D eigenvalue weighted by molar-refractivity contribution is 5.85. The van der Waals surface area contributed by atoms with E-state index in [9.17, 15) is 4.79 Å². The summed E-state index contributed by atoms with van der Waals surface area (Å²) in [6.45, 7) is 2.11. The highest BCUT2D eigenvalue weighted by atomic mass is 16.2. The molecule has 3 N–H and O–H groups in total. The Labute approximate surface area is 114 Å². The third-order valence-electron chi connectivity index (χ3n) is 4.80. The lowest BCUT2D eigenvalue weighted by atomic mass is 9.87. The molecular weight excluding hydrogens is 236 g/mol. The molecule has 2 aliphatic carbocycles. The first-order valence-corrected chi connectivity index (χ1v) is 7.34. The van der Waals surface area contributed by atoms with Crippen molar-refractivity contribution in [3.8, 4) is 0 Å². The summed E-state index contributed by atoms with van der Waals surface area (Å²) in [5, 5.41) is 3.27. The lowest BCUT2D eigenvalue weighted by Gasteiger charge is -2.28. The zero-order valence-corrected chi connectivity index (χ0v) is 11.5. The minimum absolute atomic E-state index is 0.0502. The lowest BCUT2D eigenvalue weighted by molar-refractivity contribution is -0.127. The van der Waals surface area contributed by atoms with Crippen molar-refractivity contribution >= 4 is 11.6 Å². The molecule has 1 atom stereocenters. The van der Waals surface area contributed by atoms with Crippen LogP contribution in [0, 0.1) is 5.41 Å². The van der Waals surface area contributed by atoms with Gasteiger partial charge in [-0.25, -0.2) is 0 Å². The van der Waals surface area contributed by atoms with Crippen LogP contribution >= 0.6 is 0 Å². The van der Waals surface area contributed by atoms with Gasteiger partial charge in [-0.2, -0.15) is 0 Å². The Morgan fingerprint density at radius 1 is 1.47 bits per heavy atom. The van der Waals surface area contributed by atoms with E-state index in [2.05, 4.69) is 24.4 Å². The normalized spacial score (nSPS) is 23.5. The summed E-state index contributed by atoms with van der Waals surface area (Å²) in [6, 6.07) is 6.26. The number of hydrogen-bond donors (Lipinski definition) is 2. The highest BCUT2D eigenvalue weighted by Gasteiger charge is 2.48. The van der Waals surface area contributed by atoms with Crippen LogP contribution in [-0.2, 0) is 11.2 Å². The second-order valence-corrected chi connectivity index (χ2v) is 6.01. The van der Waals surface area contributed by atoms with E-state index in [4.69, 9.17) is 5.73 Å². The molecule has 1 saturated carbocycles. The Morgan fingerprint density at radius 2 is 2.26 bits per heavy atom. The first-order valence-electron chi connectivity index (χ1n) is 7.34. The van der Waals surface area contributed by atoms with Gasteiger partial charge in [-0.1, -0.05) is 13.0 Å². The van der Waals surface area contributed by atoms with Crippen molar-refractivity contribution in [3.05, 3.63) is 29.3 Å². The predicted molar refractivity (Wildman–Crippen MR) is 76.6 cm³/mol. The fourth-order valence-electron chi connectivity index (χ4n) is 3.19. The first-order chi connectivity index (χ1) is 9.14. The monoisotopic (exact) mass is 258 g/mol. The molecule has 0 spiro atoms. The van der Waals surface area contributed by atoms with Gasteiger partial charge in [0, 0.05) is 11.1 Å². The number of nitrogen functional groups attached to an aromatic ring is 1. The number of nitrogens with two attached hydrogens (primary N) is 1. The summed E-state index contributed by atoms with van der Waals surface area (Å²) in [5.74, 6) is 0.254. The van der Waals surface area contributed by atoms with Crippen LogP contribution in [0.25, 0.3) is 0 Å². The molecule has 1 unspecified atom stereocenters. The molecule has 1 aromatic carbocycles. The predicted octanol–water partition coefficient (Wildman–Crippen LogP) is 2.95. The standard InChI is InChI=1S/C16H22N2O/c1-2-16(8-9-16)15(19)18-14-5-3-4-11-10-12(17)6-7-13(11)14/h6-7,10,14H,2-5,8-9,17H2,1H3,(H,18,19). The number of carbonyl (C=O) groups is 1. The summed E-state index contributed by atoms with van der Waals surface area (Å²) in [5.41, 5.74) is 9.18. The van der Waals surface area contributed by atoms with Gasteiger partial charge in [0.05, 0.1) is 6.04 Å². The zero-order chi connectivity index (χ0) is 13.5. The summed E-state index contributed by atoms with van der Waals surface area (Å²) in [4.78, 5) is 12.4. The van der Waals surface area contributed by atoms with Crippen LogP contribution in [0.15, 0.2) is 18.2 Å². The van der Waals surface area contributed by atoms with Gasteiger partial charge in [0.25, 0.3) is 0 Å². The highest BCUT2D eigenvalue weighted by Crippen LogP contribution is 2.49. The number of rotatable bonds is 3. The Balaban J connectivity index is 1.79. The van der Waals surface area contributed by atoms with E-state index in [-0.39, 0.29) is 17.4 Å². The van der Waals surface area contributed by atoms with Gasteiger partial charge in [0.1, 0.15) is 0 Å². The topological polar surface area (TPSA) is 55.1 Å². The Morgan fingerprint density at radius 3 is 2.95 bits per heavy atom. The lowest BCUT2D eigenvalue weighted by Crippen LogP contribution is -2.36. The summed E-state index contributed by atoms with van der Waals surface area (Å²) in [6.07, 6.45) is 6.31. The van der Waals surface area contributed by atoms with E-state index in [1.807, 2.05) is 6.07 Å². The maximum atomic E-state index is 12.4. The maximum Gasteiger partial charge on any atom is 0.226 e. The van der Waals surface area contributed by atoms with Crippen LogP contribution in [-0.4, -0.2) is 5.91 Å². The molecule has 1 amide bonds. The van der Waals surface area contributed by atoms with Crippen LogP contribution in [0.4, 0.5) is 5.69 Å². The van der Waals surface area contributed by atoms with E-state index >= 15 is 0 Å². The third-order valence-corrected chi connectivity index (χ3v) is 4.80. The third kappa shape index (κ3) is 2.22. The molecule has 1 aromatic rings. The van der Waals surface area contributed by atoms with Crippen LogP contribution < -0.4 is 11.1 Å². The van der Waals surface area contributed by atoms with Crippen molar-refractivity contribution < 1.29 is 4.79 Å². The van der Waals surface area contributed by atoms with Crippen molar-refractivity contribution in [2.75, 3.05) is 5.73 Å². The van der Waals surface area contributed by atoms with Crippen molar-refractivity contribution in [2.24, 2.45) is 5.41 Å². The maximum absolute atomic E-state index is 12.4. The minimum atomic E-state index is -0.0502. The number of hydrogen-bond acceptors (Lipinski definition) is 2. The Kier molecular flexibility index (Phi) is 3.00. The van der Waals surface area contributed by atoms with Gasteiger partial charge in [-0.3, -0.25) is 4.79 Å². The number of benzene rings is 1. The number of carbonyl (C=O) groups excluding carboxylic acids is 1. The molecule has 1 fully saturated rings. The summed E-state index contributed by atoms with van der Waals surface area (Å²) in [7, 11) is 0. The molecule has 0 aliphatic heterocycles. The van der Waals surface area contributed by atoms with E-state index in [0.29, 0.717) is 0 Å². The average molecular weight is 258 g/mol. The van der Waals surface area contributed by atoms with Crippen molar-refractivity contribution in [2.45, 2.75) is 51.5 Å². The molecule has 0 heterocycles. The molecule has 102 valence electrons. The molecule has 19 heavy (non-hydrogen) atoms. The second-order valence-electron chi connectivity index (χ2n) is 6.01. The largest absolute Gasteiger partial charge is 0.399 e. The van der Waals surface area contributed by atoms with Crippen molar-refractivity contribution in [1.82, 2.24) is 5.32 Å². The molecular formula is C16H22N2O. The second kappa shape index (κ2) is 4.55. The van der Waals surface area contributed by atoms with Crippen LogP contribution in [0.2, 0.25) is 0 Å². The molecule has 0 bridgehead atoms. The smallest absolute Gasteiger partial charge is 0.226 e. The van der Waals surface area contributed by atoms with E-state index in [1.54, 1.807) is 0 Å². The molecule has 3 rings (SSSR count). The van der Waals surface area contributed by atoms with E-state index in [0.717, 1.165) is 44.2 Å². The fraction of sp³-hybridized carbons (Fsp3) is 0.562. The number of amides is 1. The van der Waals surface area contributed by atoms with Gasteiger partial charge in [-0.15, -0.1) is 0 Å². The molecule has 0 radical (unpaired) electrons. The summed E-state index contributed by atoms with van der Waals surface area (Å²) >= 11 is 0. The van der Waals surface area contributed by atoms with Gasteiger partial charge < -0.3 is 11.1 Å². The van der Waals surface area contributed by atoms with Crippen LogP contribution in [0.5, 0.6) is 0 Å². The quantitative estimate of drug-likeness (QED) is 0.819. The number of nitrogens with one attached hydrogen (secondary N) is 1. The van der Waals surface area contributed by atoms with Gasteiger partial charge in [0.2, 0.25) is 5.91 Å². The molecule has 3 nitrogen and oxygen atoms in total. The SMILES string of the molecule is CCC1(C(=O)NC2CCCc3cc(N)ccc32)CC1. The number of aryl methyl sites for hydroxylation is 1. The van der Waals surface area contributed by atoms with Crippen LogP contribution in [0.3, 0.4) is 0 Å². The number of fused-ring (bicyclic) bond motifs is 1. The van der Waals surface area contributed by atoms with Crippen molar-refractivity contribution in [3.63, 3.8) is 0 Å². The number of anilines is 1. The van der Waals surface area contributed by atoms with Gasteiger partial charge >= 0.3 is 0 Å². The molecule has 0 aromatic heterocycles. The van der Waals surface area contributed by atoms with E-state index in [1.165, 1.54) is 11.1 Å². The summed E-state index contributed by atoms with van der Waals surface area (Å²) < 4.78 is 0. The van der Waals surface area contributed by atoms with Crippen LogP contribution in [0.1, 0.15) is 56.2 Å². The van der Waals surface area contributed by atoms with E-state index < -0.39 is 0 Å². The van der Waals surface area contributed by atoms with Crippen molar-refractivity contribution in [1.29, 1.82) is 0 Å². The minimum Gasteiger partial charge on any atom is -0.399 e. The van der Waals surface area contributed by atoms with Gasteiger partial charge in [-0.05, 0) is 61.8 Å². The fourth-order valence-corrected chi connectivity index (χ4v) is 3.19. The molecule has 3 heteroatoms. The average Bonchev–Trinajstić information content (AvgIpc) is 3.19. The zero-order valence-electron chi connectivity index (χ0n) is 11.5. The molecule has 2 aliphatic rings.